The van der Waals surface area contributed by atoms with Crippen LogP contribution < -0.4 is 10.6 Å². The molecule has 0 bridgehead atoms. The first-order valence-electron chi connectivity index (χ1n) is 9.80. The van der Waals surface area contributed by atoms with Crippen molar-refractivity contribution in [2.75, 3.05) is 5.32 Å². The molecule has 1 heterocycles. The van der Waals surface area contributed by atoms with Crippen LogP contribution in [0.3, 0.4) is 0 Å². The van der Waals surface area contributed by atoms with Crippen molar-refractivity contribution in [3.05, 3.63) is 65.2 Å². The lowest BCUT2D eigenvalue weighted by Crippen LogP contribution is -2.35. The molecule has 0 fully saturated rings. The molecular weight excluding hydrogens is 400 g/mol. The molecule has 0 spiro atoms. The second kappa shape index (κ2) is 8.97. The minimum atomic E-state index is -0.232. The highest BCUT2D eigenvalue weighted by atomic mass is 32.2. The van der Waals surface area contributed by atoms with Gasteiger partial charge in [0.15, 0.2) is 4.34 Å². The number of rotatable bonds is 6. The van der Waals surface area contributed by atoms with E-state index in [-0.39, 0.29) is 17.2 Å². The Morgan fingerprint density at radius 3 is 2.79 bits per heavy atom. The fraction of sp³-hybridized carbons (Fsp3) is 0.318. The van der Waals surface area contributed by atoms with Crippen molar-refractivity contribution in [2.24, 2.45) is 0 Å². The number of nitrogens with zero attached hydrogens (tertiary/aromatic N) is 2. The van der Waals surface area contributed by atoms with Gasteiger partial charge in [-0.15, -0.1) is 10.2 Å². The average Bonchev–Trinajstić information content (AvgIpc) is 3.16. The Hall–Kier alpha value is -2.38. The summed E-state index contributed by atoms with van der Waals surface area (Å²) in [5.74, 6) is 0.0416. The summed E-state index contributed by atoms with van der Waals surface area (Å²) in [4.78, 5) is 12.8. The van der Waals surface area contributed by atoms with Crippen molar-refractivity contribution >= 4 is 39.8 Å². The van der Waals surface area contributed by atoms with Gasteiger partial charge in [0.1, 0.15) is 0 Å². The summed E-state index contributed by atoms with van der Waals surface area (Å²) in [6.07, 6.45) is 3.19. The third-order valence-electron chi connectivity index (χ3n) is 5.04. The predicted molar refractivity (Wildman–Crippen MR) is 120 cm³/mol. The minimum absolute atomic E-state index is 0.0416. The maximum absolute atomic E-state index is 12.8. The van der Waals surface area contributed by atoms with Crippen LogP contribution in [0, 0.1) is 6.92 Å². The van der Waals surface area contributed by atoms with Crippen molar-refractivity contribution in [3.63, 3.8) is 0 Å². The SMILES string of the molecule is Cc1ccc(Nc2nnc(S[C@H](C)C(=O)N[C@@H]3CCCc4ccccc43)s2)cc1. The highest BCUT2D eigenvalue weighted by Crippen LogP contribution is 2.32. The molecule has 1 aromatic heterocycles. The van der Waals surface area contributed by atoms with Gasteiger partial charge in [-0.05, 0) is 56.4 Å². The molecule has 1 aliphatic carbocycles. The molecule has 150 valence electrons. The Labute approximate surface area is 179 Å². The van der Waals surface area contributed by atoms with Gasteiger partial charge < -0.3 is 10.6 Å². The van der Waals surface area contributed by atoms with E-state index in [1.807, 2.05) is 25.1 Å². The Balaban J connectivity index is 1.35. The number of aromatic nitrogens is 2. The molecule has 5 nitrogen and oxygen atoms in total. The van der Waals surface area contributed by atoms with Crippen LogP contribution in [0.15, 0.2) is 52.9 Å². The van der Waals surface area contributed by atoms with Gasteiger partial charge in [0.25, 0.3) is 0 Å². The van der Waals surface area contributed by atoms with Gasteiger partial charge in [0, 0.05) is 5.69 Å². The lowest BCUT2D eigenvalue weighted by atomic mass is 9.88. The third kappa shape index (κ3) is 4.97. The Morgan fingerprint density at radius 1 is 1.17 bits per heavy atom. The van der Waals surface area contributed by atoms with Crippen molar-refractivity contribution in [3.8, 4) is 0 Å². The summed E-state index contributed by atoms with van der Waals surface area (Å²) in [5.41, 5.74) is 4.79. The Morgan fingerprint density at radius 2 is 1.97 bits per heavy atom. The van der Waals surface area contributed by atoms with E-state index in [1.54, 1.807) is 0 Å². The average molecular weight is 425 g/mol. The van der Waals surface area contributed by atoms with Crippen molar-refractivity contribution in [1.82, 2.24) is 15.5 Å². The zero-order valence-corrected chi connectivity index (χ0v) is 18.1. The smallest absolute Gasteiger partial charge is 0.233 e. The first-order valence-corrected chi connectivity index (χ1v) is 11.5. The minimum Gasteiger partial charge on any atom is -0.348 e. The number of anilines is 2. The standard InChI is InChI=1S/C22H24N4OS2/c1-14-10-12-17(13-11-14)23-21-25-26-22(29-21)28-15(2)20(27)24-19-9-5-7-16-6-3-4-8-18(16)19/h3-4,6,8,10-13,15,19H,5,7,9H2,1-2H3,(H,23,25)(H,24,27)/t15-,19-/m1/s1. The predicted octanol–water partition coefficient (Wildman–Crippen LogP) is 5.26. The molecule has 7 heteroatoms. The van der Waals surface area contributed by atoms with Crippen molar-refractivity contribution in [2.45, 2.75) is 48.7 Å². The van der Waals surface area contributed by atoms with Crippen LogP contribution in [0.5, 0.6) is 0 Å². The first-order chi connectivity index (χ1) is 14.1. The molecule has 1 aliphatic rings. The molecule has 0 radical (unpaired) electrons. The van der Waals surface area contributed by atoms with Crippen LogP contribution >= 0.6 is 23.1 Å². The highest BCUT2D eigenvalue weighted by molar-refractivity contribution is 8.02. The van der Waals surface area contributed by atoms with Gasteiger partial charge >= 0.3 is 0 Å². The number of thioether (sulfide) groups is 1. The number of hydrogen-bond acceptors (Lipinski definition) is 6. The number of hydrogen-bond donors (Lipinski definition) is 2. The normalized spacial score (nSPS) is 16.7. The fourth-order valence-corrected chi connectivity index (χ4v) is 5.39. The van der Waals surface area contributed by atoms with Gasteiger partial charge in [-0.25, -0.2) is 0 Å². The van der Waals surface area contributed by atoms with Crippen LogP contribution in [0.25, 0.3) is 0 Å². The summed E-state index contributed by atoms with van der Waals surface area (Å²) in [6.45, 7) is 3.98. The van der Waals surface area contributed by atoms with Crippen LogP contribution in [-0.2, 0) is 11.2 Å². The lowest BCUT2D eigenvalue weighted by molar-refractivity contribution is -0.121. The van der Waals surface area contributed by atoms with Crippen LogP contribution in [0.4, 0.5) is 10.8 Å². The quantitative estimate of drug-likeness (QED) is 0.528. The number of carbonyl (C=O) groups is 1. The first kappa shape index (κ1) is 19.9. The van der Waals surface area contributed by atoms with Gasteiger partial charge in [-0.3, -0.25) is 4.79 Å². The lowest BCUT2D eigenvalue weighted by Gasteiger charge is -2.27. The van der Waals surface area contributed by atoms with Crippen LogP contribution in [-0.4, -0.2) is 21.4 Å². The van der Waals surface area contributed by atoms with Crippen molar-refractivity contribution in [1.29, 1.82) is 0 Å². The summed E-state index contributed by atoms with van der Waals surface area (Å²) >= 11 is 2.91. The Bertz CT molecular complexity index is 986. The van der Waals surface area contributed by atoms with Crippen molar-refractivity contribution < 1.29 is 4.79 Å². The molecule has 4 rings (SSSR count). The third-order valence-corrected chi connectivity index (χ3v) is 7.06. The van der Waals surface area contributed by atoms with Gasteiger partial charge in [0.05, 0.1) is 11.3 Å². The molecular formula is C22H24N4OS2. The van der Waals surface area contributed by atoms with E-state index >= 15 is 0 Å². The van der Waals surface area contributed by atoms with E-state index < -0.39 is 0 Å². The van der Waals surface area contributed by atoms with E-state index in [0.717, 1.165) is 34.4 Å². The molecule has 0 saturated heterocycles. The van der Waals surface area contributed by atoms with E-state index in [4.69, 9.17) is 0 Å². The summed E-state index contributed by atoms with van der Waals surface area (Å²) < 4.78 is 0.784. The second-order valence-electron chi connectivity index (χ2n) is 7.28. The molecule has 29 heavy (non-hydrogen) atoms. The highest BCUT2D eigenvalue weighted by Gasteiger charge is 2.24. The molecule has 0 aliphatic heterocycles. The number of nitrogens with one attached hydrogen (secondary N) is 2. The number of amides is 1. The zero-order chi connectivity index (χ0) is 20.2. The molecule has 2 N–H and O–H groups in total. The second-order valence-corrected chi connectivity index (χ2v) is 9.84. The zero-order valence-electron chi connectivity index (χ0n) is 16.5. The number of carbonyl (C=O) groups excluding carboxylic acids is 1. The summed E-state index contributed by atoms with van der Waals surface area (Å²) in [6, 6.07) is 16.6. The van der Waals surface area contributed by atoms with Crippen LogP contribution in [0.1, 0.15) is 42.5 Å². The molecule has 0 unspecified atom stereocenters. The number of benzene rings is 2. The van der Waals surface area contributed by atoms with Crippen LogP contribution in [0.2, 0.25) is 0 Å². The molecule has 2 atom stereocenters. The van der Waals surface area contributed by atoms with E-state index in [2.05, 4.69) is 58.1 Å². The number of fused-ring (bicyclic) bond motifs is 1. The number of aryl methyl sites for hydroxylation is 2. The molecule has 3 aromatic rings. The monoisotopic (exact) mass is 424 g/mol. The largest absolute Gasteiger partial charge is 0.348 e. The molecule has 1 amide bonds. The molecule has 2 aromatic carbocycles. The maximum Gasteiger partial charge on any atom is 0.233 e. The topological polar surface area (TPSA) is 66.9 Å². The van der Waals surface area contributed by atoms with Gasteiger partial charge in [0.2, 0.25) is 11.0 Å². The maximum atomic E-state index is 12.8. The van der Waals surface area contributed by atoms with Gasteiger partial charge in [-0.2, -0.15) is 0 Å². The van der Waals surface area contributed by atoms with E-state index in [9.17, 15) is 4.79 Å². The van der Waals surface area contributed by atoms with E-state index in [0.29, 0.717) is 0 Å². The van der Waals surface area contributed by atoms with E-state index in [1.165, 1.54) is 39.8 Å². The Kier molecular flexibility index (Phi) is 6.16. The fourth-order valence-electron chi connectivity index (χ4n) is 3.47. The summed E-state index contributed by atoms with van der Waals surface area (Å²) in [7, 11) is 0. The molecule has 0 saturated carbocycles. The summed E-state index contributed by atoms with van der Waals surface area (Å²) in [5, 5.41) is 15.4. The van der Waals surface area contributed by atoms with Gasteiger partial charge in [-0.1, -0.05) is 65.1 Å².